The Morgan fingerprint density at radius 3 is 1.41 bits per heavy atom. The zero-order chi connectivity index (χ0) is 29.0. The largest absolute Gasteiger partial charge is 0.417 e. The molecule has 2 aromatic rings. The molecule has 0 fully saturated rings. The molecule has 12 heteroatoms. The minimum absolute atomic E-state index is 0.0170. The number of rotatable bonds is 4. The van der Waals surface area contributed by atoms with Crippen LogP contribution in [0.2, 0.25) is 0 Å². The Kier molecular flexibility index (Phi) is 9.88. The molecule has 2 aromatic carbocycles. The highest BCUT2D eigenvalue weighted by Gasteiger charge is 2.35. The molecule has 4 N–H and O–H groups in total. The van der Waals surface area contributed by atoms with Crippen molar-refractivity contribution in [2.45, 2.75) is 40.0 Å². The Hall–Kier alpha value is -3.60. The number of hydrogen-bond acceptors (Lipinski definition) is 2. The van der Waals surface area contributed by atoms with Crippen molar-refractivity contribution < 1.29 is 35.9 Å². The fourth-order valence-corrected chi connectivity index (χ4v) is 3.41. The van der Waals surface area contributed by atoms with E-state index in [2.05, 4.69) is 18.2 Å². The van der Waals surface area contributed by atoms with E-state index in [1.807, 2.05) is 0 Å². The maximum absolute atomic E-state index is 13.0. The first-order valence-electron chi connectivity index (χ1n) is 10.3. The van der Waals surface area contributed by atoms with Gasteiger partial charge in [0.05, 0.1) is 11.1 Å². The first-order chi connectivity index (χ1) is 16.7. The van der Waals surface area contributed by atoms with Gasteiger partial charge in [-0.1, -0.05) is 36.4 Å². The first kappa shape index (κ1) is 31.4. The molecule has 0 unspecified atom stereocenters. The number of benzene rings is 2. The van der Waals surface area contributed by atoms with Gasteiger partial charge in [0.25, 0.3) is 11.1 Å². The van der Waals surface area contributed by atoms with E-state index in [-0.39, 0.29) is 33.4 Å². The summed E-state index contributed by atoms with van der Waals surface area (Å²) in [5.41, 5.74) is 9.14. The van der Waals surface area contributed by atoms with Gasteiger partial charge in [0.1, 0.15) is 0 Å². The molecule has 1 amide bonds. The molecule has 0 saturated carbocycles. The van der Waals surface area contributed by atoms with Gasteiger partial charge in [-0.25, -0.2) is 0 Å². The van der Waals surface area contributed by atoms with Crippen LogP contribution in [0.3, 0.4) is 0 Å². The van der Waals surface area contributed by atoms with E-state index in [9.17, 15) is 35.9 Å². The van der Waals surface area contributed by atoms with Gasteiger partial charge in [-0.2, -0.15) is 31.3 Å². The minimum atomic E-state index is -4.60. The van der Waals surface area contributed by atoms with Crippen LogP contribution in [0.1, 0.15) is 67.9 Å². The topological polar surface area (TPSA) is 98.5 Å². The Morgan fingerprint density at radius 2 is 1.11 bits per heavy atom. The normalized spacial score (nSPS) is 11.2. The fourth-order valence-electron chi connectivity index (χ4n) is 3.21. The third-order valence-electron chi connectivity index (χ3n) is 4.93. The maximum atomic E-state index is 13.0. The predicted molar refractivity (Wildman–Crippen MR) is 132 cm³/mol. The smallest absolute Gasteiger partial charge is 0.370 e. The third kappa shape index (κ3) is 8.21. The van der Waals surface area contributed by atoms with E-state index in [4.69, 9.17) is 23.1 Å². The van der Waals surface area contributed by atoms with Gasteiger partial charge < -0.3 is 11.5 Å². The zero-order valence-electron chi connectivity index (χ0n) is 20.3. The van der Waals surface area contributed by atoms with Crippen molar-refractivity contribution in [3.05, 3.63) is 81.9 Å². The Bertz CT molecular complexity index is 1290. The van der Waals surface area contributed by atoms with Crippen molar-refractivity contribution in [3.63, 3.8) is 0 Å². The molecule has 5 nitrogen and oxygen atoms in total. The van der Waals surface area contributed by atoms with Gasteiger partial charge in [-0.05, 0) is 73.7 Å². The maximum Gasteiger partial charge on any atom is 0.417 e. The molecular weight excluding hydrogens is 524 g/mol. The van der Waals surface area contributed by atoms with Crippen molar-refractivity contribution in [3.8, 4) is 0 Å². The van der Waals surface area contributed by atoms with E-state index >= 15 is 0 Å². The van der Waals surface area contributed by atoms with Crippen LogP contribution in [0.25, 0.3) is 11.1 Å². The number of nitrogens with two attached hydrogens (primary N) is 2. The average Bonchev–Trinajstić information content (AvgIpc) is 2.70. The molecule has 0 atom stereocenters. The molecule has 0 aromatic heterocycles. The quantitative estimate of drug-likeness (QED) is 0.188. The third-order valence-corrected chi connectivity index (χ3v) is 5.14. The highest BCUT2D eigenvalue weighted by atomic mass is 35.5. The van der Waals surface area contributed by atoms with Gasteiger partial charge >= 0.3 is 12.4 Å². The van der Waals surface area contributed by atoms with Crippen LogP contribution in [-0.2, 0) is 12.4 Å². The lowest BCUT2D eigenvalue weighted by Crippen LogP contribution is -2.24. The van der Waals surface area contributed by atoms with Gasteiger partial charge in [-0.15, -0.1) is 0 Å². The summed E-state index contributed by atoms with van der Waals surface area (Å²) in [7, 11) is 0. The van der Waals surface area contributed by atoms with Crippen molar-refractivity contribution in [2.24, 2.45) is 16.5 Å². The number of carbonyl (C=O) groups excluding carboxylic acids is 2. The zero-order valence-corrected chi connectivity index (χ0v) is 21.0. The van der Waals surface area contributed by atoms with E-state index in [0.29, 0.717) is 11.1 Å². The SMILES string of the molecule is C=C(C)c1cc(C)c(C(=O)Cl)cc1C(F)(F)F.C=C(C)c1cc(C)c(C(=O)N=C(N)N)cc1C(F)(F)F. The summed E-state index contributed by atoms with van der Waals surface area (Å²) in [6, 6.07) is 4.05. The van der Waals surface area contributed by atoms with Crippen LogP contribution in [-0.4, -0.2) is 17.1 Å². The molecule has 0 saturated heterocycles. The summed E-state index contributed by atoms with van der Waals surface area (Å²) >= 11 is 5.23. The molecule has 37 heavy (non-hydrogen) atoms. The van der Waals surface area contributed by atoms with Gasteiger partial charge in [0, 0.05) is 11.1 Å². The second-order valence-electron chi connectivity index (χ2n) is 8.10. The van der Waals surface area contributed by atoms with E-state index in [1.54, 1.807) is 0 Å². The minimum Gasteiger partial charge on any atom is -0.370 e. The second-order valence-corrected chi connectivity index (χ2v) is 8.44. The summed E-state index contributed by atoms with van der Waals surface area (Å²) in [6.45, 7) is 13.0. The fraction of sp³-hybridized carbons (Fsp3) is 0.240. The van der Waals surface area contributed by atoms with Crippen LogP contribution in [0, 0.1) is 13.8 Å². The lowest BCUT2D eigenvalue weighted by Gasteiger charge is -2.15. The molecule has 2 rings (SSSR count). The standard InChI is InChI=1S/C13H14F3N3O.C12H10ClF3O/c1-6(2)8-4-7(3)9(11(20)19-12(17)18)5-10(8)13(14,15)16;1-6(2)8-4-7(3)9(11(13)17)5-10(8)12(14,15)16/h4-5H,1H2,2-3H3,(H4,17,18,19,20);4-5H,1H2,2-3H3. The molecular formula is C25H24ClF6N3O2. The van der Waals surface area contributed by atoms with Crippen LogP contribution in [0.4, 0.5) is 26.3 Å². The van der Waals surface area contributed by atoms with Gasteiger partial charge in [-0.3, -0.25) is 9.59 Å². The Labute approximate surface area is 214 Å². The number of amides is 1. The molecule has 0 heterocycles. The summed E-state index contributed by atoms with van der Waals surface area (Å²) < 4.78 is 77.4. The number of guanidine groups is 1. The number of allylic oxidation sites excluding steroid dienone is 2. The Morgan fingerprint density at radius 1 is 0.757 bits per heavy atom. The Balaban J connectivity index is 0.000000375. The number of nitrogens with zero attached hydrogens (tertiary/aromatic N) is 1. The molecule has 0 bridgehead atoms. The second kappa shape index (κ2) is 11.6. The molecule has 0 radical (unpaired) electrons. The van der Waals surface area contributed by atoms with E-state index in [0.717, 1.165) is 12.1 Å². The van der Waals surface area contributed by atoms with Gasteiger partial charge in [0.2, 0.25) is 0 Å². The molecule has 0 aliphatic carbocycles. The van der Waals surface area contributed by atoms with E-state index in [1.165, 1.54) is 39.8 Å². The van der Waals surface area contributed by atoms with Crippen molar-refractivity contribution >= 4 is 39.9 Å². The monoisotopic (exact) mass is 547 g/mol. The van der Waals surface area contributed by atoms with Crippen LogP contribution < -0.4 is 11.5 Å². The van der Waals surface area contributed by atoms with E-state index < -0.39 is 40.6 Å². The number of halogens is 7. The van der Waals surface area contributed by atoms with Crippen LogP contribution >= 0.6 is 11.6 Å². The lowest BCUT2D eigenvalue weighted by atomic mass is 9.95. The van der Waals surface area contributed by atoms with Crippen LogP contribution in [0.5, 0.6) is 0 Å². The number of alkyl halides is 6. The number of aliphatic imine (C=N–C) groups is 1. The molecule has 0 spiro atoms. The number of carbonyl (C=O) groups is 2. The van der Waals surface area contributed by atoms with Crippen molar-refractivity contribution in [1.82, 2.24) is 0 Å². The van der Waals surface area contributed by atoms with Crippen molar-refractivity contribution in [2.75, 3.05) is 0 Å². The number of aryl methyl sites for hydroxylation is 2. The predicted octanol–water partition coefficient (Wildman–Crippen LogP) is 6.89. The number of hydrogen-bond donors (Lipinski definition) is 2. The molecule has 0 aliphatic rings. The van der Waals surface area contributed by atoms with Gasteiger partial charge in [0.15, 0.2) is 5.96 Å². The summed E-state index contributed by atoms with van der Waals surface area (Å²) in [5, 5.41) is -0.902. The van der Waals surface area contributed by atoms with Crippen molar-refractivity contribution in [1.29, 1.82) is 0 Å². The average molecular weight is 548 g/mol. The summed E-state index contributed by atoms with van der Waals surface area (Å²) in [6.07, 6.45) is -9.14. The first-order valence-corrected chi connectivity index (χ1v) is 10.7. The highest BCUT2D eigenvalue weighted by molar-refractivity contribution is 6.67. The highest BCUT2D eigenvalue weighted by Crippen LogP contribution is 2.37. The van der Waals surface area contributed by atoms with Crippen LogP contribution in [0.15, 0.2) is 42.4 Å². The summed E-state index contributed by atoms with van der Waals surface area (Å²) in [5.74, 6) is -1.42. The summed E-state index contributed by atoms with van der Waals surface area (Å²) in [4.78, 5) is 26.0. The lowest BCUT2D eigenvalue weighted by molar-refractivity contribution is -0.138. The molecule has 0 aliphatic heterocycles. The molecule has 200 valence electrons.